The van der Waals surface area contributed by atoms with Crippen molar-refractivity contribution in [3.8, 4) is 22.3 Å². The lowest BCUT2D eigenvalue weighted by atomic mass is 9.70. The van der Waals surface area contributed by atoms with Crippen LogP contribution in [0.1, 0.15) is 72.3 Å². The molecule has 86 heavy (non-hydrogen) atoms. The molecule has 1 spiro atoms. The largest absolute Gasteiger partial charge is 0.310 e. The molecule has 2 aliphatic rings. The maximum absolute atomic E-state index is 2.54. The van der Waals surface area contributed by atoms with Gasteiger partial charge in [0.05, 0.1) is 5.41 Å². The van der Waals surface area contributed by atoms with E-state index in [0.717, 1.165) is 68.2 Å². The first-order valence-corrected chi connectivity index (χ1v) is 30.1. The quantitative estimate of drug-likeness (QED) is 0.121. The van der Waals surface area contributed by atoms with Crippen LogP contribution < -0.4 is 19.6 Å². The minimum atomic E-state index is -0.848. The van der Waals surface area contributed by atoms with Gasteiger partial charge in [0.25, 0.3) is 0 Å². The first-order chi connectivity index (χ1) is 41.8. The molecule has 0 fully saturated rings. The summed E-state index contributed by atoms with van der Waals surface area (Å²) in [5.74, 6) is 0. The normalized spacial score (nSPS) is 12.3. The molecule has 14 rings (SSSR count). The van der Waals surface area contributed by atoms with Crippen LogP contribution in [0.5, 0.6) is 0 Å². The van der Waals surface area contributed by atoms with Crippen molar-refractivity contribution in [1.29, 1.82) is 0 Å². The number of anilines is 12. The van der Waals surface area contributed by atoms with Crippen LogP contribution in [0.3, 0.4) is 0 Å². The van der Waals surface area contributed by atoms with Gasteiger partial charge in [0.15, 0.2) is 0 Å². The van der Waals surface area contributed by atoms with Crippen molar-refractivity contribution in [2.45, 2.75) is 67.7 Å². The summed E-state index contributed by atoms with van der Waals surface area (Å²) >= 11 is 0. The van der Waals surface area contributed by atoms with Gasteiger partial charge in [-0.25, -0.2) is 0 Å². The van der Waals surface area contributed by atoms with Crippen LogP contribution in [-0.4, -0.2) is 0 Å². The highest BCUT2D eigenvalue weighted by Crippen LogP contribution is 2.65. The Morgan fingerprint density at radius 2 is 0.384 bits per heavy atom. The summed E-state index contributed by atoms with van der Waals surface area (Å²) in [6.07, 6.45) is 0. The zero-order valence-corrected chi connectivity index (χ0v) is 50.6. The fourth-order valence-electron chi connectivity index (χ4n) is 13.4. The molecule has 0 N–H and O–H groups in total. The fraction of sp³-hybridized carbons (Fsp3) is 0.122. The number of hydrogen-bond acceptors (Lipinski definition) is 4. The number of fused-ring (bicyclic) bond motifs is 10. The van der Waals surface area contributed by atoms with E-state index in [1.165, 1.54) is 94.6 Å². The summed E-state index contributed by atoms with van der Waals surface area (Å²) < 4.78 is 0. The molecule has 4 nitrogen and oxygen atoms in total. The summed E-state index contributed by atoms with van der Waals surface area (Å²) in [6.45, 7) is 19.6. The third-order valence-electron chi connectivity index (χ3n) is 17.9. The molecule has 0 aromatic heterocycles. The van der Waals surface area contributed by atoms with E-state index in [-0.39, 0.29) is 0 Å². The number of nitrogens with zero attached hydrogens (tertiary/aromatic N) is 4. The molecule has 2 aliphatic carbocycles. The second-order valence-corrected chi connectivity index (χ2v) is 24.1. The molecular formula is C82H70N4. The Kier molecular flexibility index (Phi) is 13.4. The predicted octanol–water partition coefficient (Wildman–Crippen LogP) is 22.7. The van der Waals surface area contributed by atoms with Gasteiger partial charge in [-0.15, -0.1) is 0 Å². The summed E-state index contributed by atoms with van der Waals surface area (Å²) in [5, 5.41) is 0. The Morgan fingerprint density at radius 1 is 0.186 bits per heavy atom. The van der Waals surface area contributed by atoms with Crippen LogP contribution in [-0.2, 0) is 5.41 Å². The zero-order valence-electron chi connectivity index (χ0n) is 50.6. The maximum atomic E-state index is 2.54. The minimum absolute atomic E-state index is 0.848. The summed E-state index contributed by atoms with van der Waals surface area (Å²) in [6, 6.07) is 99.0. The highest BCUT2D eigenvalue weighted by molar-refractivity contribution is 6.00. The first kappa shape index (κ1) is 53.8. The molecule has 0 atom stereocenters. The van der Waals surface area contributed by atoms with E-state index in [0.29, 0.717) is 0 Å². The van der Waals surface area contributed by atoms with Crippen LogP contribution >= 0.6 is 0 Å². The highest BCUT2D eigenvalue weighted by Gasteiger charge is 2.53. The Morgan fingerprint density at radius 3 is 0.616 bits per heavy atom. The molecule has 4 heteroatoms. The summed E-state index contributed by atoms with van der Waals surface area (Å²) in [4.78, 5) is 9.80. The molecule has 0 saturated carbocycles. The van der Waals surface area contributed by atoms with Crippen molar-refractivity contribution < 1.29 is 0 Å². The van der Waals surface area contributed by atoms with Gasteiger partial charge >= 0.3 is 0 Å². The molecule has 418 valence electrons. The smallest absolute Gasteiger partial charge is 0.0728 e. The van der Waals surface area contributed by atoms with Crippen LogP contribution in [0.25, 0.3) is 22.3 Å². The van der Waals surface area contributed by atoms with Gasteiger partial charge in [-0.1, -0.05) is 166 Å². The molecule has 0 heterocycles. The first-order valence-electron chi connectivity index (χ1n) is 30.1. The van der Waals surface area contributed by atoms with Gasteiger partial charge in [0.2, 0.25) is 0 Å². The standard InChI is InChI=1S/C82H70N4/c1-53-10-25-62(26-11-53)83(63-27-12-54(2)13-28-63)69-39-43-73-74-44-40-70(84(64-29-14-55(3)15-30-64)65-31-16-56(4)17-32-65)50-78(74)82(77(73)49-69)79-51-71(85(66-33-18-57(5)19-34-66)67-35-20-58(6)21-36-67)41-45-75(79)76-46-42-72(52-80(76)82)86(68-37-22-59(7)23-38-68)81-47-24-60(8)48-61(81)9/h10-52H,1-9H3. The second-order valence-electron chi connectivity index (χ2n) is 24.1. The molecule has 0 unspecified atom stereocenters. The van der Waals surface area contributed by atoms with E-state index in [1.54, 1.807) is 0 Å². The van der Waals surface area contributed by atoms with Crippen LogP contribution in [0.2, 0.25) is 0 Å². The average molecular weight is 1110 g/mol. The molecule has 0 radical (unpaired) electrons. The highest BCUT2D eigenvalue weighted by atomic mass is 15.2. The predicted molar refractivity (Wildman–Crippen MR) is 364 cm³/mol. The van der Waals surface area contributed by atoms with Crippen molar-refractivity contribution in [3.05, 3.63) is 333 Å². The van der Waals surface area contributed by atoms with Crippen molar-refractivity contribution in [2.24, 2.45) is 0 Å². The Balaban J connectivity index is 1.11. The van der Waals surface area contributed by atoms with Crippen molar-refractivity contribution >= 4 is 68.2 Å². The third kappa shape index (κ3) is 9.34. The van der Waals surface area contributed by atoms with E-state index in [9.17, 15) is 0 Å². The molecule has 12 aromatic carbocycles. The Bertz CT molecular complexity index is 4090. The van der Waals surface area contributed by atoms with Gasteiger partial charge in [0.1, 0.15) is 0 Å². The number of rotatable bonds is 12. The molecule has 0 amide bonds. The number of hydrogen-bond donors (Lipinski definition) is 0. The monoisotopic (exact) mass is 1110 g/mol. The fourth-order valence-corrected chi connectivity index (χ4v) is 13.4. The van der Waals surface area contributed by atoms with Crippen LogP contribution in [0, 0.1) is 62.3 Å². The van der Waals surface area contributed by atoms with E-state index in [4.69, 9.17) is 0 Å². The maximum Gasteiger partial charge on any atom is 0.0728 e. The van der Waals surface area contributed by atoms with Gasteiger partial charge < -0.3 is 19.6 Å². The average Bonchev–Trinajstić information content (AvgIpc) is 1.66. The summed E-state index contributed by atoms with van der Waals surface area (Å²) in [5.41, 5.74) is 33.2. The van der Waals surface area contributed by atoms with Crippen molar-refractivity contribution in [3.63, 3.8) is 0 Å². The van der Waals surface area contributed by atoms with E-state index >= 15 is 0 Å². The van der Waals surface area contributed by atoms with Crippen molar-refractivity contribution in [1.82, 2.24) is 0 Å². The number of benzene rings is 12. The lowest BCUT2D eigenvalue weighted by Crippen LogP contribution is -2.27. The molecule has 0 saturated heterocycles. The van der Waals surface area contributed by atoms with E-state index in [2.05, 4.69) is 343 Å². The van der Waals surface area contributed by atoms with Crippen molar-refractivity contribution in [2.75, 3.05) is 19.6 Å². The van der Waals surface area contributed by atoms with E-state index < -0.39 is 5.41 Å². The molecule has 0 aliphatic heterocycles. The van der Waals surface area contributed by atoms with Crippen LogP contribution in [0.15, 0.2) is 261 Å². The van der Waals surface area contributed by atoms with E-state index in [1.807, 2.05) is 0 Å². The topological polar surface area (TPSA) is 13.0 Å². The molecule has 12 aromatic rings. The van der Waals surface area contributed by atoms with Gasteiger partial charge in [0, 0.05) is 68.2 Å². The summed E-state index contributed by atoms with van der Waals surface area (Å²) in [7, 11) is 0. The lowest BCUT2D eigenvalue weighted by Gasteiger charge is -2.35. The molecular weight excluding hydrogens is 1040 g/mol. The molecule has 0 bridgehead atoms. The van der Waals surface area contributed by atoms with Gasteiger partial charge in [-0.2, -0.15) is 0 Å². The zero-order chi connectivity index (χ0) is 59.0. The van der Waals surface area contributed by atoms with Gasteiger partial charge in [-0.05, 0) is 252 Å². The Hall–Kier alpha value is -10.2. The lowest BCUT2D eigenvalue weighted by molar-refractivity contribution is 0.793. The number of aryl methyl sites for hydroxylation is 9. The second kappa shape index (κ2) is 21.5. The van der Waals surface area contributed by atoms with Crippen LogP contribution in [0.4, 0.5) is 68.2 Å². The minimum Gasteiger partial charge on any atom is -0.310 e. The third-order valence-corrected chi connectivity index (χ3v) is 17.9. The van der Waals surface area contributed by atoms with Gasteiger partial charge in [-0.3, -0.25) is 0 Å². The Labute approximate surface area is 508 Å². The SMILES string of the molecule is Cc1ccc(N(c2ccc(C)cc2)c2ccc3c(c2)C2(c4cc(N(c5ccc(C)cc5)c5ccc(C)cc5)ccc4-3)c3cc(N(c4ccc(C)cc4)c4ccc(C)cc4)ccc3-c3ccc(N(c4ccc(C)cc4)c4ccc(C)cc4C)cc32)cc1.